The molecule has 0 fully saturated rings. The molecule has 22 heavy (non-hydrogen) atoms. The highest BCUT2D eigenvalue weighted by Gasteiger charge is 2.20. The Bertz CT molecular complexity index is 591. The molecule has 1 heterocycles. The summed E-state index contributed by atoms with van der Waals surface area (Å²) in [6.07, 6.45) is 0. The number of nitrogens with one attached hydrogen (secondary N) is 1. The fraction of sp³-hybridized carbons (Fsp3) is 0.375. The third-order valence-electron chi connectivity index (χ3n) is 3.10. The molecule has 2 rings (SSSR count). The molecule has 0 unspecified atom stereocenters. The predicted molar refractivity (Wildman–Crippen MR) is 84.5 cm³/mol. The molecule has 118 valence electrons. The van der Waals surface area contributed by atoms with Gasteiger partial charge >= 0.3 is 0 Å². The first-order valence-corrected chi connectivity index (χ1v) is 6.93. The molecule has 0 radical (unpaired) electrons. The van der Waals surface area contributed by atoms with Crippen LogP contribution in [0.15, 0.2) is 40.7 Å². The van der Waals surface area contributed by atoms with Crippen LogP contribution < -0.4 is 10.1 Å². The van der Waals surface area contributed by atoms with Crippen LogP contribution in [-0.2, 0) is 14.3 Å². The van der Waals surface area contributed by atoms with E-state index < -0.39 is 0 Å². The summed E-state index contributed by atoms with van der Waals surface area (Å²) in [5.74, 6) is 1.41. The Labute approximate surface area is 129 Å². The zero-order valence-corrected chi connectivity index (χ0v) is 13.0. The monoisotopic (exact) mass is 304 g/mol. The second-order valence-electron chi connectivity index (χ2n) is 4.82. The summed E-state index contributed by atoms with van der Waals surface area (Å²) in [6.45, 7) is 2.36. The van der Waals surface area contributed by atoms with E-state index in [0.717, 1.165) is 17.1 Å². The Hall–Kier alpha value is -2.34. The van der Waals surface area contributed by atoms with E-state index in [1.807, 2.05) is 24.3 Å². The molecular weight excluding hydrogens is 284 g/mol. The van der Waals surface area contributed by atoms with E-state index in [1.54, 1.807) is 14.2 Å². The van der Waals surface area contributed by atoms with Crippen molar-refractivity contribution < 1.29 is 19.0 Å². The summed E-state index contributed by atoms with van der Waals surface area (Å²) in [5.41, 5.74) is 2.31. The molecule has 0 aliphatic carbocycles. The van der Waals surface area contributed by atoms with Crippen LogP contribution in [0, 0.1) is 0 Å². The van der Waals surface area contributed by atoms with Gasteiger partial charge in [0.05, 0.1) is 39.7 Å². The van der Waals surface area contributed by atoms with Crippen molar-refractivity contribution in [3.8, 4) is 5.75 Å². The molecule has 0 aromatic heterocycles. The number of nitrogens with zero attached hydrogens (tertiary/aromatic N) is 1. The molecule has 1 aromatic carbocycles. The van der Waals surface area contributed by atoms with Crippen LogP contribution in [0.3, 0.4) is 0 Å². The van der Waals surface area contributed by atoms with Gasteiger partial charge in [0.1, 0.15) is 11.5 Å². The Balaban J connectivity index is 2.21. The number of ether oxygens (including phenoxy) is 3. The van der Waals surface area contributed by atoms with E-state index in [9.17, 15) is 4.79 Å². The highest BCUT2D eigenvalue weighted by atomic mass is 16.5. The largest absolute Gasteiger partial charge is 0.497 e. The maximum absolute atomic E-state index is 11.1. The Morgan fingerprint density at radius 1 is 1.23 bits per heavy atom. The van der Waals surface area contributed by atoms with Crippen molar-refractivity contribution in [1.82, 2.24) is 0 Å². The van der Waals surface area contributed by atoms with Crippen molar-refractivity contribution in [2.45, 2.75) is 6.92 Å². The molecule has 1 aliphatic rings. The van der Waals surface area contributed by atoms with Gasteiger partial charge < -0.3 is 19.5 Å². The number of carbonyl (C=O) groups is 1. The fourth-order valence-corrected chi connectivity index (χ4v) is 2.06. The minimum Gasteiger partial charge on any atom is -0.497 e. The summed E-state index contributed by atoms with van der Waals surface area (Å²) < 4.78 is 16.1. The summed E-state index contributed by atoms with van der Waals surface area (Å²) >= 11 is 0. The molecule has 0 amide bonds. The summed E-state index contributed by atoms with van der Waals surface area (Å²) in [6, 6.07) is 7.54. The normalized spacial score (nSPS) is 16.6. The number of methoxy groups -OCH3 is 2. The number of aliphatic imine (C=N–C) groups is 1. The van der Waals surface area contributed by atoms with Gasteiger partial charge in [-0.25, -0.2) is 0 Å². The highest BCUT2D eigenvalue weighted by molar-refractivity contribution is 6.02. The van der Waals surface area contributed by atoms with Crippen LogP contribution in [0.5, 0.6) is 5.75 Å². The lowest BCUT2D eigenvalue weighted by Gasteiger charge is -2.22. The van der Waals surface area contributed by atoms with Gasteiger partial charge in [0.2, 0.25) is 0 Å². The molecule has 0 saturated carbocycles. The van der Waals surface area contributed by atoms with Gasteiger partial charge in [0.25, 0.3) is 0 Å². The molecule has 1 aromatic rings. The van der Waals surface area contributed by atoms with Gasteiger partial charge in [-0.3, -0.25) is 9.79 Å². The van der Waals surface area contributed by atoms with Gasteiger partial charge in [-0.15, -0.1) is 0 Å². The van der Waals surface area contributed by atoms with E-state index in [4.69, 9.17) is 14.2 Å². The van der Waals surface area contributed by atoms with Crippen molar-refractivity contribution in [2.75, 3.05) is 39.3 Å². The molecule has 0 spiro atoms. The van der Waals surface area contributed by atoms with E-state index >= 15 is 0 Å². The number of anilines is 1. The molecule has 0 saturated heterocycles. The first-order valence-electron chi connectivity index (χ1n) is 6.93. The zero-order valence-electron chi connectivity index (χ0n) is 13.0. The maximum atomic E-state index is 11.1. The van der Waals surface area contributed by atoms with Crippen LogP contribution >= 0.6 is 0 Å². The number of rotatable bonds is 6. The van der Waals surface area contributed by atoms with Crippen LogP contribution in [0.2, 0.25) is 0 Å². The fourth-order valence-electron chi connectivity index (χ4n) is 2.06. The average molecular weight is 304 g/mol. The first kappa shape index (κ1) is 16.0. The summed E-state index contributed by atoms with van der Waals surface area (Å²) in [7, 11) is 3.21. The minimum absolute atomic E-state index is 0.00168. The van der Waals surface area contributed by atoms with Crippen molar-refractivity contribution >= 4 is 17.2 Å². The lowest BCUT2D eigenvalue weighted by Crippen LogP contribution is -2.27. The van der Waals surface area contributed by atoms with E-state index in [-0.39, 0.29) is 12.3 Å². The van der Waals surface area contributed by atoms with Crippen LogP contribution in [0.25, 0.3) is 0 Å². The Kier molecular flexibility index (Phi) is 5.55. The Morgan fingerprint density at radius 3 is 2.55 bits per heavy atom. The standard InChI is InChI=1S/C16H20N2O4/c1-11(19)8-17-14-9-22-10-15(16(14)21-3)18-12-4-6-13(20-2)7-5-12/h4-7,18H,8-10H2,1-3H3. The lowest BCUT2D eigenvalue weighted by atomic mass is 10.2. The second kappa shape index (κ2) is 7.61. The van der Waals surface area contributed by atoms with Gasteiger partial charge in [-0.05, 0) is 31.2 Å². The second-order valence-corrected chi connectivity index (χ2v) is 4.82. The zero-order chi connectivity index (χ0) is 15.9. The van der Waals surface area contributed by atoms with Crippen LogP contribution in [-0.4, -0.2) is 45.5 Å². The smallest absolute Gasteiger partial charge is 0.163 e. The number of hydrogen-bond donors (Lipinski definition) is 1. The van der Waals surface area contributed by atoms with E-state index in [1.165, 1.54) is 6.92 Å². The summed E-state index contributed by atoms with van der Waals surface area (Å²) in [5, 5.41) is 3.26. The van der Waals surface area contributed by atoms with Crippen molar-refractivity contribution in [2.24, 2.45) is 4.99 Å². The number of carbonyl (C=O) groups excluding carboxylic acids is 1. The number of benzene rings is 1. The highest BCUT2D eigenvalue weighted by Crippen LogP contribution is 2.20. The van der Waals surface area contributed by atoms with Crippen molar-refractivity contribution in [3.05, 3.63) is 35.7 Å². The van der Waals surface area contributed by atoms with Crippen molar-refractivity contribution in [1.29, 1.82) is 0 Å². The lowest BCUT2D eigenvalue weighted by molar-refractivity contribution is -0.115. The number of ketones is 1. The van der Waals surface area contributed by atoms with Gasteiger partial charge in [-0.1, -0.05) is 0 Å². The van der Waals surface area contributed by atoms with E-state index in [0.29, 0.717) is 24.7 Å². The minimum atomic E-state index is -0.00168. The topological polar surface area (TPSA) is 69.2 Å². The molecule has 1 aliphatic heterocycles. The predicted octanol–water partition coefficient (Wildman–Crippen LogP) is 2.03. The van der Waals surface area contributed by atoms with Gasteiger partial charge in [-0.2, -0.15) is 0 Å². The quantitative estimate of drug-likeness (QED) is 0.871. The molecule has 0 bridgehead atoms. The molecule has 6 heteroatoms. The van der Waals surface area contributed by atoms with E-state index in [2.05, 4.69) is 10.3 Å². The molecule has 6 nitrogen and oxygen atoms in total. The third-order valence-corrected chi connectivity index (χ3v) is 3.10. The first-order chi connectivity index (χ1) is 10.6. The molecule has 1 N–H and O–H groups in total. The average Bonchev–Trinajstić information content (AvgIpc) is 2.53. The maximum Gasteiger partial charge on any atom is 0.163 e. The van der Waals surface area contributed by atoms with Crippen molar-refractivity contribution in [3.63, 3.8) is 0 Å². The number of hydrogen-bond acceptors (Lipinski definition) is 6. The number of Topliss-reactive ketones (excluding diaryl/α,β-unsaturated/α-hetero) is 1. The molecular formula is C16H20N2O4. The van der Waals surface area contributed by atoms with Crippen LogP contribution in [0.4, 0.5) is 5.69 Å². The van der Waals surface area contributed by atoms with Gasteiger partial charge in [0, 0.05) is 5.69 Å². The van der Waals surface area contributed by atoms with Gasteiger partial charge in [0.15, 0.2) is 11.5 Å². The SMILES string of the molecule is COC1=C(Nc2ccc(OC)cc2)COCC1=NCC(C)=O. The van der Waals surface area contributed by atoms with Crippen LogP contribution in [0.1, 0.15) is 6.92 Å². The molecule has 0 atom stereocenters. The summed E-state index contributed by atoms with van der Waals surface area (Å²) in [4.78, 5) is 15.3. The Morgan fingerprint density at radius 2 is 1.95 bits per heavy atom. The third kappa shape index (κ3) is 4.08.